The van der Waals surface area contributed by atoms with Gasteiger partial charge in [-0.1, -0.05) is 0 Å². The average molecular weight is 144 g/mol. The van der Waals surface area contributed by atoms with Gasteiger partial charge in [0, 0.05) is 5.39 Å². The highest BCUT2D eigenvalue weighted by molar-refractivity contribution is 5.80. The van der Waals surface area contributed by atoms with E-state index in [-0.39, 0.29) is 0 Å². The van der Waals surface area contributed by atoms with Crippen molar-refractivity contribution in [2.45, 2.75) is 12.8 Å². The van der Waals surface area contributed by atoms with E-state index < -0.39 is 0 Å². The van der Waals surface area contributed by atoms with Crippen LogP contribution in [-0.4, -0.2) is 10.2 Å². The van der Waals surface area contributed by atoms with E-state index in [2.05, 4.69) is 22.3 Å². The number of aromatic nitrogens is 2. The number of nitrogens with one attached hydrogen (secondary N) is 1. The van der Waals surface area contributed by atoms with E-state index in [1.54, 1.807) is 0 Å². The van der Waals surface area contributed by atoms with Crippen molar-refractivity contribution in [3.8, 4) is 0 Å². The highest BCUT2D eigenvalue weighted by atomic mass is 15.1. The molecule has 11 heavy (non-hydrogen) atoms. The van der Waals surface area contributed by atoms with Crippen molar-refractivity contribution in [2.75, 3.05) is 0 Å². The summed E-state index contributed by atoms with van der Waals surface area (Å²) in [5, 5.41) is 8.20. The topological polar surface area (TPSA) is 28.7 Å². The second-order valence-electron chi connectivity index (χ2n) is 3.08. The van der Waals surface area contributed by atoms with Crippen LogP contribution in [0.1, 0.15) is 11.1 Å². The molecule has 0 bridgehead atoms. The first-order valence-corrected chi connectivity index (χ1v) is 3.88. The van der Waals surface area contributed by atoms with Crippen LogP contribution in [0.4, 0.5) is 0 Å². The number of aromatic amines is 1. The minimum Gasteiger partial charge on any atom is -0.278 e. The van der Waals surface area contributed by atoms with Crippen LogP contribution >= 0.6 is 0 Å². The van der Waals surface area contributed by atoms with Crippen LogP contribution in [-0.2, 0) is 12.8 Å². The summed E-state index contributed by atoms with van der Waals surface area (Å²) in [6, 6.07) is 4.44. The monoisotopic (exact) mass is 144 g/mol. The molecule has 0 aliphatic heterocycles. The molecule has 1 aromatic heterocycles. The SMILES string of the molecule is c1n[nH]c2cc3c(cc12)CC3. The molecule has 1 aromatic carbocycles. The Kier molecular flexibility index (Phi) is 0.799. The molecule has 0 saturated carbocycles. The van der Waals surface area contributed by atoms with Gasteiger partial charge in [-0.15, -0.1) is 0 Å². The van der Waals surface area contributed by atoms with E-state index in [1.165, 1.54) is 34.9 Å². The molecule has 54 valence electrons. The van der Waals surface area contributed by atoms with Crippen molar-refractivity contribution in [2.24, 2.45) is 0 Å². The molecule has 2 nitrogen and oxygen atoms in total. The standard InChI is InChI=1S/C9H8N2/c1-2-7-4-9-8(3-6(1)7)5-10-11-9/h3-5H,1-2H2,(H,10,11). The molecule has 0 saturated heterocycles. The third-order valence-electron chi connectivity index (χ3n) is 2.42. The summed E-state index contributed by atoms with van der Waals surface area (Å²) in [7, 11) is 0. The van der Waals surface area contributed by atoms with Gasteiger partial charge in [0.25, 0.3) is 0 Å². The predicted molar refractivity (Wildman–Crippen MR) is 43.5 cm³/mol. The van der Waals surface area contributed by atoms with Gasteiger partial charge in [-0.05, 0) is 36.1 Å². The number of nitrogens with zero attached hydrogens (tertiary/aromatic N) is 1. The van der Waals surface area contributed by atoms with Gasteiger partial charge in [0.15, 0.2) is 0 Å². The summed E-state index contributed by atoms with van der Waals surface area (Å²) in [6.45, 7) is 0. The number of hydrogen-bond donors (Lipinski definition) is 1. The molecule has 0 spiro atoms. The fourth-order valence-electron chi connectivity index (χ4n) is 1.64. The van der Waals surface area contributed by atoms with Crippen LogP contribution < -0.4 is 0 Å². The van der Waals surface area contributed by atoms with Crippen molar-refractivity contribution in [3.63, 3.8) is 0 Å². The summed E-state index contributed by atoms with van der Waals surface area (Å²) in [5.41, 5.74) is 4.16. The third kappa shape index (κ3) is 0.589. The highest BCUT2D eigenvalue weighted by Crippen LogP contribution is 2.26. The Morgan fingerprint density at radius 3 is 2.82 bits per heavy atom. The van der Waals surface area contributed by atoms with E-state index >= 15 is 0 Å². The lowest BCUT2D eigenvalue weighted by Crippen LogP contribution is -2.06. The number of hydrogen-bond acceptors (Lipinski definition) is 1. The first-order valence-electron chi connectivity index (χ1n) is 3.88. The van der Waals surface area contributed by atoms with Gasteiger partial charge in [-0.3, -0.25) is 5.10 Å². The Morgan fingerprint density at radius 2 is 2.00 bits per heavy atom. The quantitative estimate of drug-likeness (QED) is 0.598. The lowest BCUT2D eigenvalue weighted by atomic mass is 9.88. The Bertz CT molecular complexity index is 376. The number of H-pyrrole nitrogens is 1. The molecule has 1 aliphatic carbocycles. The molecule has 1 heterocycles. The maximum atomic E-state index is 3.99. The van der Waals surface area contributed by atoms with Gasteiger partial charge >= 0.3 is 0 Å². The Morgan fingerprint density at radius 1 is 1.18 bits per heavy atom. The van der Waals surface area contributed by atoms with Crippen molar-refractivity contribution in [1.82, 2.24) is 10.2 Å². The van der Waals surface area contributed by atoms with Gasteiger partial charge in [0.05, 0.1) is 11.7 Å². The minimum absolute atomic E-state index is 1.17. The van der Waals surface area contributed by atoms with E-state index in [1.807, 2.05) is 6.20 Å². The molecule has 3 rings (SSSR count). The molecule has 0 amide bonds. The van der Waals surface area contributed by atoms with Crippen molar-refractivity contribution < 1.29 is 0 Å². The molecule has 0 fully saturated rings. The second kappa shape index (κ2) is 1.64. The van der Waals surface area contributed by atoms with Crippen LogP contribution in [0.5, 0.6) is 0 Å². The zero-order valence-electron chi connectivity index (χ0n) is 6.09. The lowest BCUT2D eigenvalue weighted by Gasteiger charge is -2.17. The van der Waals surface area contributed by atoms with Crippen LogP contribution in [0.15, 0.2) is 18.3 Å². The predicted octanol–water partition coefficient (Wildman–Crippen LogP) is 1.66. The molecule has 2 heteroatoms. The first kappa shape index (κ1) is 5.35. The number of benzene rings is 1. The van der Waals surface area contributed by atoms with Crippen molar-refractivity contribution in [3.05, 3.63) is 29.5 Å². The molecular formula is C9H8N2. The summed E-state index contributed by atoms with van der Waals surface area (Å²) in [6.07, 6.45) is 4.37. The second-order valence-corrected chi connectivity index (χ2v) is 3.08. The molecular weight excluding hydrogens is 136 g/mol. The third-order valence-corrected chi connectivity index (χ3v) is 2.42. The minimum atomic E-state index is 1.17. The van der Waals surface area contributed by atoms with Crippen LogP contribution in [0, 0.1) is 0 Å². The normalized spacial score (nSPS) is 14.5. The average Bonchev–Trinajstić information content (AvgIpc) is 2.40. The maximum absolute atomic E-state index is 3.99. The first-order chi connectivity index (χ1) is 5.43. The van der Waals surface area contributed by atoms with Crippen LogP contribution in [0.25, 0.3) is 10.9 Å². The molecule has 1 aliphatic rings. The van der Waals surface area contributed by atoms with Crippen LogP contribution in [0.3, 0.4) is 0 Å². The van der Waals surface area contributed by atoms with E-state index in [4.69, 9.17) is 0 Å². The summed E-state index contributed by atoms with van der Waals surface area (Å²) in [4.78, 5) is 0. The summed E-state index contributed by atoms with van der Waals surface area (Å²) < 4.78 is 0. The maximum Gasteiger partial charge on any atom is 0.0653 e. The Hall–Kier alpha value is -1.31. The number of aryl methyl sites for hydroxylation is 2. The summed E-state index contributed by atoms with van der Waals surface area (Å²) >= 11 is 0. The van der Waals surface area contributed by atoms with E-state index in [0.717, 1.165) is 0 Å². The number of fused-ring (bicyclic) bond motifs is 2. The van der Waals surface area contributed by atoms with Gasteiger partial charge in [-0.2, -0.15) is 5.10 Å². The molecule has 2 aromatic rings. The van der Waals surface area contributed by atoms with Gasteiger partial charge in [0.1, 0.15) is 0 Å². The van der Waals surface area contributed by atoms with Crippen LogP contribution in [0.2, 0.25) is 0 Å². The molecule has 0 radical (unpaired) electrons. The largest absolute Gasteiger partial charge is 0.278 e. The molecule has 1 N–H and O–H groups in total. The molecule has 0 unspecified atom stereocenters. The zero-order valence-corrected chi connectivity index (χ0v) is 6.09. The smallest absolute Gasteiger partial charge is 0.0653 e. The van der Waals surface area contributed by atoms with E-state index in [9.17, 15) is 0 Å². The van der Waals surface area contributed by atoms with Crippen molar-refractivity contribution >= 4 is 10.9 Å². The Labute approximate surface area is 64.2 Å². The van der Waals surface area contributed by atoms with E-state index in [0.29, 0.717) is 0 Å². The van der Waals surface area contributed by atoms with Gasteiger partial charge in [-0.25, -0.2) is 0 Å². The lowest BCUT2D eigenvalue weighted by molar-refractivity contribution is 0.843. The summed E-state index contributed by atoms with van der Waals surface area (Å²) in [5.74, 6) is 0. The van der Waals surface area contributed by atoms with Crippen molar-refractivity contribution in [1.29, 1.82) is 0 Å². The fraction of sp³-hybridized carbons (Fsp3) is 0.222. The number of rotatable bonds is 0. The van der Waals surface area contributed by atoms with Gasteiger partial charge < -0.3 is 0 Å². The zero-order chi connectivity index (χ0) is 7.26. The van der Waals surface area contributed by atoms with Gasteiger partial charge in [0.2, 0.25) is 0 Å². The molecule has 0 atom stereocenters. The Balaban J connectivity index is 2.47. The highest BCUT2D eigenvalue weighted by Gasteiger charge is 2.13. The fourth-order valence-corrected chi connectivity index (χ4v) is 1.64.